The Morgan fingerprint density at radius 1 is 1.33 bits per heavy atom. The Labute approximate surface area is 125 Å². The molecule has 0 spiro atoms. The van der Waals surface area contributed by atoms with Crippen LogP contribution in [0.25, 0.3) is 0 Å². The standard InChI is InChI=1S/C14H25N3O4/c1-11(2)9-12-15-13(21-16-12)10-17(7-8-19-3)6-5-14(18)20-4/h11H,5-10H2,1-4H3. The summed E-state index contributed by atoms with van der Waals surface area (Å²) in [6.07, 6.45) is 1.12. The third kappa shape index (κ3) is 7.19. The molecule has 21 heavy (non-hydrogen) atoms. The zero-order chi connectivity index (χ0) is 15.7. The Morgan fingerprint density at radius 2 is 2.10 bits per heavy atom. The van der Waals surface area contributed by atoms with Gasteiger partial charge in [-0.15, -0.1) is 0 Å². The van der Waals surface area contributed by atoms with Gasteiger partial charge in [0.05, 0.1) is 26.7 Å². The van der Waals surface area contributed by atoms with Crippen LogP contribution in [0.3, 0.4) is 0 Å². The number of methoxy groups -OCH3 is 2. The van der Waals surface area contributed by atoms with E-state index in [2.05, 4.69) is 28.7 Å². The summed E-state index contributed by atoms with van der Waals surface area (Å²) in [6, 6.07) is 0. The maximum atomic E-state index is 11.2. The summed E-state index contributed by atoms with van der Waals surface area (Å²) in [5.74, 6) is 1.54. The number of rotatable bonds is 10. The molecule has 0 aliphatic rings. The highest BCUT2D eigenvalue weighted by Gasteiger charge is 2.14. The van der Waals surface area contributed by atoms with Gasteiger partial charge in [0, 0.05) is 26.6 Å². The van der Waals surface area contributed by atoms with E-state index in [0.29, 0.717) is 44.5 Å². The van der Waals surface area contributed by atoms with Gasteiger partial charge < -0.3 is 14.0 Å². The molecule has 1 aromatic rings. The lowest BCUT2D eigenvalue weighted by Gasteiger charge is -2.19. The maximum absolute atomic E-state index is 11.2. The van der Waals surface area contributed by atoms with E-state index >= 15 is 0 Å². The molecule has 120 valence electrons. The normalized spacial score (nSPS) is 11.3. The number of hydrogen-bond donors (Lipinski definition) is 0. The predicted octanol–water partition coefficient (Wildman–Crippen LogP) is 1.28. The van der Waals surface area contributed by atoms with Crippen LogP contribution in [0, 0.1) is 5.92 Å². The first-order valence-corrected chi connectivity index (χ1v) is 7.14. The molecule has 0 atom stereocenters. The second-order valence-corrected chi connectivity index (χ2v) is 5.30. The SMILES string of the molecule is COCCN(CCC(=O)OC)Cc1nc(CC(C)C)no1. The second-order valence-electron chi connectivity index (χ2n) is 5.30. The lowest BCUT2D eigenvalue weighted by Crippen LogP contribution is -2.29. The van der Waals surface area contributed by atoms with E-state index < -0.39 is 0 Å². The first kappa shape index (κ1) is 17.6. The second kappa shape index (κ2) is 9.46. The highest BCUT2D eigenvalue weighted by atomic mass is 16.5. The smallest absolute Gasteiger partial charge is 0.306 e. The lowest BCUT2D eigenvalue weighted by molar-refractivity contribution is -0.141. The third-order valence-electron chi connectivity index (χ3n) is 2.93. The van der Waals surface area contributed by atoms with Crippen LogP contribution in [0.15, 0.2) is 4.52 Å². The van der Waals surface area contributed by atoms with Gasteiger partial charge in [0.25, 0.3) is 0 Å². The average Bonchev–Trinajstić information content (AvgIpc) is 2.87. The monoisotopic (exact) mass is 299 g/mol. The molecule has 7 nitrogen and oxygen atoms in total. The fourth-order valence-electron chi connectivity index (χ4n) is 1.84. The lowest BCUT2D eigenvalue weighted by atomic mass is 10.1. The Balaban J connectivity index is 2.53. The van der Waals surface area contributed by atoms with Crippen molar-refractivity contribution in [3.8, 4) is 0 Å². The van der Waals surface area contributed by atoms with Crippen molar-refractivity contribution in [1.82, 2.24) is 15.0 Å². The van der Waals surface area contributed by atoms with Crippen molar-refractivity contribution in [2.75, 3.05) is 33.9 Å². The quantitative estimate of drug-likeness (QED) is 0.602. The highest BCUT2D eigenvalue weighted by molar-refractivity contribution is 5.69. The fraction of sp³-hybridized carbons (Fsp3) is 0.786. The van der Waals surface area contributed by atoms with Crippen LogP contribution >= 0.6 is 0 Å². The van der Waals surface area contributed by atoms with Gasteiger partial charge >= 0.3 is 5.97 Å². The Hall–Kier alpha value is -1.47. The van der Waals surface area contributed by atoms with Crippen LogP contribution < -0.4 is 0 Å². The molecule has 0 unspecified atom stereocenters. The molecular weight excluding hydrogens is 274 g/mol. The van der Waals surface area contributed by atoms with E-state index in [1.165, 1.54) is 7.11 Å². The molecule has 7 heteroatoms. The van der Waals surface area contributed by atoms with Crippen LogP contribution in [0.1, 0.15) is 32.0 Å². The van der Waals surface area contributed by atoms with Crippen LogP contribution in [0.4, 0.5) is 0 Å². The predicted molar refractivity (Wildman–Crippen MR) is 76.6 cm³/mol. The first-order chi connectivity index (χ1) is 10.0. The largest absolute Gasteiger partial charge is 0.469 e. The molecule has 0 aliphatic carbocycles. The summed E-state index contributed by atoms with van der Waals surface area (Å²) in [5, 5.41) is 3.97. The molecule has 0 radical (unpaired) electrons. The Kier molecular flexibility index (Phi) is 7.92. The number of carbonyl (C=O) groups is 1. The minimum Gasteiger partial charge on any atom is -0.469 e. The van der Waals surface area contributed by atoms with Gasteiger partial charge in [-0.2, -0.15) is 4.98 Å². The summed E-state index contributed by atoms with van der Waals surface area (Å²) in [6.45, 7) is 6.56. The molecule has 0 aliphatic heterocycles. The number of nitrogens with zero attached hydrogens (tertiary/aromatic N) is 3. The molecule has 0 fully saturated rings. The molecule has 0 N–H and O–H groups in total. The number of carbonyl (C=O) groups excluding carboxylic acids is 1. The van der Waals surface area contributed by atoms with Gasteiger partial charge in [0.15, 0.2) is 5.82 Å². The molecule has 1 rings (SSSR count). The van der Waals surface area contributed by atoms with Crippen molar-refractivity contribution >= 4 is 5.97 Å². The molecule has 1 heterocycles. The van der Waals surface area contributed by atoms with Gasteiger partial charge in [-0.25, -0.2) is 0 Å². The van der Waals surface area contributed by atoms with Crippen LogP contribution in [0.5, 0.6) is 0 Å². The summed E-state index contributed by atoms with van der Waals surface area (Å²) >= 11 is 0. The average molecular weight is 299 g/mol. The van der Waals surface area contributed by atoms with Crippen molar-refractivity contribution in [2.24, 2.45) is 5.92 Å². The third-order valence-corrected chi connectivity index (χ3v) is 2.93. The van der Waals surface area contributed by atoms with Crippen LogP contribution in [-0.2, 0) is 27.2 Å². The minimum atomic E-state index is -0.233. The fourth-order valence-corrected chi connectivity index (χ4v) is 1.84. The van der Waals surface area contributed by atoms with Crippen molar-refractivity contribution in [3.63, 3.8) is 0 Å². The van der Waals surface area contributed by atoms with E-state index in [1.807, 2.05) is 4.90 Å². The number of hydrogen-bond acceptors (Lipinski definition) is 7. The van der Waals surface area contributed by atoms with Crippen LogP contribution in [-0.4, -0.2) is 54.9 Å². The van der Waals surface area contributed by atoms with Crippen molar-refractivity contribution in [1.29, 1.82) is 0 Å². The van der Waals surface area contributed by atoms with Gasteiger partial charge in [-0.05, 0) is 5.92 Å². The molecule has 0 saturated heterocycles. The molecular formula is C14H25N3O4. The minimum absolute atomic E-state index is 0.233. The van der Waals surface area contributed by atoms with Gasteiger partial charge in [0.2, 0.25) is 5.89 Å². The van der Waals surface area contributed by atoms with Crippen molar-refractivity contribution in [3.05, 3.63) is 11.7 Å². The summed E-state index contributed by atoms with van der Waals surface area (Å²) in [7, 11) is 3.03. The van der Waals surface area contributed by atoms with E-state index in [9.17, 15) is 4.79 Å². The summed E-state index contributed by atoms with van der Waals surface area (Å²) in [4.78, 5) is 17.6. The molecule has 0 bridgehead atoms. The Bertz CT molecular complexity index is 420. The zero-order valence-corrected chi connectivity index (χ0v) is 13.3. The highest BCUT2D eigenvalue weighted by Crippen LogP contribution is 2.07. The van der Waals surface area contributed by atoms with Gasteiger partial charge in [-0.1, -0.05) is 19.0 Å². The van der Waals surface area contributed by atoms with Gasteiger partial charge in [0.1, 0.15) is 0 Å². The van der Waals surface area contributed by atoms with Crippen molar-refractivity contribution in [2.45, 2.75) is 33.2 Å². The van der Waals surface area contributed by atoms with E-state index in [4.69, 9.17) is 9.26 Å². The van der Waals surface area contributed by atoms with E-state index in [0.717, 1.165) is 12.2 Å². The summed E-state index contributed by atoms with van der Waals surface area (Å²) in [5.41, 5.74) is 0. The first-order valence-electron chi connectivity index (χ1n) is 7.14. The molecule has 0 aromatic carbocycles. The molecule has 0 amide bonds. The van der Waals surface area contributed by atoms with E-state index in [-0.39, 0.29) is 5.97 Å². The van der Waals surface area contributed by atoms with E-state index in [1.54, 1.807) is 7.11 Å². The molecule has 0 saturated carbocycles. The Morgan fingerprint density at radius 3 is 2.71 bits per heavy atom. The number of aromatic nitrogens is 2. The zero-order valence-electron chi connectivity index (χ0n) is 13.3. The van der Waals surface area contributed by atoms with Crippen molar-refractivity contribution < 1.29 is 18.8 Å². The van der Waals surface area contributed by atoms with Crippen LogP contribution in [0.2, 0.25) is 0 Å². The van der Waals surface area contributed by atoms with Gasteiger partial charge in [-0.3, -0.25) is 9.69 Å². The number of ether oxygens (including phenoxy) is 2. The summed E-state index contributed by atoms with van der Waals surface area (Å²) < 4.78 is 15.0. The maximum Gasteiger partial charge on any atom is 0.306 e. The topological polar surface area (TPSA) is 77.7 Å². The number of esters is 1. The molecule has 1 aromatic heterocycles.